The molecule has 16 nitrogen and oxygen atoms in total. The maximum absolute atomic E-state index is 12.3. The number of rotatable bonds is 15. The topological polar surface area (TPSA) is 217 Å². The van der Waals surface area contributed by atoms with Crippen LogP contribution >= 0.6 is 0 Å². The SMILES string of the molecule is O=C(Cn1ccc(=O)c(O)c1)NCCN(CCNC(=O)Cn1ccc(=O)c(O)c1)CCNC(=O)Cn1ccc(=O)c(O)c1. The van der Waals surface area contributed by atoms with E-state index in [-0.39, 0.29) is 57.0 Å². The predicted octanol–water partition coefficient (Wildman–Crippen LogP) is -2.66. The lowest BCUT2D eigenvalue weighted by Gasteiger charge is -2.23. The van der Waals surface area contributed by atoms with Gasteiger partial charge in [-0.3, -0.25) is 33.7 Å². The summed E-state index contributed by atoms with van der Waals surface area (Å²) < 4.78 is 4.08. The van der Waals surface area contributed by atoms with Gasteiger partial charge in [0, 0.05) is 76.1 Å². The highest BCUT2D eigenvalue weighted by atomic mass is 16.3. The minimum atomic E-state index is -0.555. The van der Waals surface area contributed by atoms with Gasteiger partial charge in [0.05, 0.1) is 18.6 Å². The van der Waals surface area contributed by atoms with Crippen molar-refractivity contribution in [3.63, 3.8) is 0 Å². The van der Waals surface area contributed by atoms with E-state index in [0.29, 0.717) is 19.6 Å². The van der Waals surface area contributed by atoms with Gasteiger partial charge in [-0.1, -0.05) is 0 Å². The van der Waals surface area contributed by atoms with Crippen LogP contribution in [-0.4, -0.2) is 90.9 Å². The molecule has 0 radical (unpaired) electrons. The molecule has 0 spiro atoms. The van der Waals surface area contributed by atoms with Gasteiger partial charge in [-0.05, 0) is 0 Å². The van der Waals surface area contributed by atoms with E-state index < -0.39 is 33.5 Å². The Morgan fingerprint density at radius 2 is 0.837 bits per heavy atom. The molecule has 3 aromatic rings. The first-order valence-corrected chi connectivity index (χ1v) is 13.2. The summed E-state index contributed by atoms with van der Waals surface area (Å²) in [6.07, 6.45) is 7.60. The van der Waals surface area contributed by atoms with Crippen LogP contribution in [0.1, 0.15) is 0 Å². The zero-order valence-corrected chi connectivity index (χ0v) is 23.1. The molecule has 0 aromatic carbocycles. The molecule has 3 rings (SSSR count). The Labute approximate surface area is 244 Å². The van der Waals surface area contributed by atoms with Crippen LogP contribution in [0.25, 0.3) is 0 Å². The van der Waals surface area contributed by atoms with Crippen LogP contribution in [0.15, 0.2) is 69.8 Å². The number of aromatic hydroxyl groups is 3. The first-order chi connectivity index (χ1) is 20.5. The normalized spacial score (nSPS) is 10.8. The number of hydrogen-bond acceptors (Lipinski definition) is 10. The van der Waals surface area contributed by atoms with Crippen molar-refractivity contribution in [1.82, 2.24) is 34.6 Å². The van der Waals surface area contributed by atoms with Crippen LogP contribution in [0.4, 0.5) is 0 Å². The number of amides is 3. The van der Waals surface area contributed by atoms with Crippen LogP contribution in [0.3, 0.4) is 0 Å². The van der Waals surface area contributed by atoms with Gasteiger partial charge >= 0.3 is 0 Å². The van der Waals surface area contributed by atoms with Crippen molar-refractivity contribution in [2.24, 2.45) is 0 Å². The summed E-state index contributed by atoms with van der Waals surface area (Å²) in [6, 6.07) is 3.44. The number of pyridine rings is 3. The van der Waals surface area contributed by atoms with E-state index in [9.17, 15) is 44.1 Å². The number of hydrogen-bond donors (Lipinski definition) is 6. The van der Waals surface area contributed by atoms with Gasteiger partial charge in [0.25, 0.3) is 0 Å². The monoisotopic (exact) mass is 599 g/mol. The van der Waals surface area contributed by atoms with Crippen molar-refractivity contribution in [2.75, 3.05) is 39.3 Å². The van der Waals surface area contributed by atoms with Crippen LogP contribution in [-0.2, 0) is 34.0 Å². The zero-order valence-electron chi connectivity index (χ0n) is 23.1. The minimum absolute atomic E-state index is 0.124. The first-order valence-electron chi connectivity index (χ1n) is 13.2. The van der Waals surface area contributed by atoms with Crippen molar-refractivity contribution in [1.29, 1.82) is 0 Å². The minimum Gasteiger partial charge on any atom is -0.503 e. The lowest BCUT2D eigenvalue weighted by molar-refractivity contribution is -0.122. The van der Waals surface area contributed by atoms with Crippen molar-refractivity contribution in [3.8, 4) is 17.2 Å². The number of nitrogens with one attached hydrogen (secondary N) is 3. The number of carbonyl (C=O) groups excluding carboxylic acids is 3. The Hall–Kier alpha value is -5.38. The van der Waals surface area contributed by atoms with Crippen LogP contribution in [0.5, 0.6) is 17.2 Å². The highest BCUT2D eigenvalue weighted by Crippen LogP contribution is 2.00. The Bertz CT molecular complexity index is 1420. The maximum atomic E-state index is 12.3. The molecule has 230 valence electrons. The molecule has 6 N–H and O–H groups in total. The smallest absolute Gasteiger partial charge is 0.239 e. The molecule has 0 bridgehead atoms. The molecule has 0 saturated heterocycles. The first kappa shape index (κ1) is 32.1. The van der Waals surface area contributed by atoms with Crippen LogP contribution in [0, 0.1) is 0 Å². The van der Waals surface area contributed by atoms with Crippen molar-refractivity contribution in [2.45, 2.75) is 19.6 Å². The molecule has 0 atom stereocenters. The fourth-order valence-corrected chi connectivity index (χ4v) is 3.89. The lowest BCUT2D eigenvalue weighted by Crippen LogP contribution is -2.44. The van der Waals surface area contributed by atoms with E-state index in [1.807, 2.05) is 4.90 Å². The van der Waals surface area contributed by atoms with Crippen molar-refractivity contribution >= 4 is 17.7 Å². The Balaban J connectivity index is 1.49. The highest BCUT2D eigenvalue weighted by molar-refractivity contribution is 5.76. The summed E-state index contributed by atoms with van der Waals surface area (Å²) in [7, 11) is 0. The van der Waals surface area contributed by atoms with Crippen LogP contribution in [0.2, 0.25) is 0 Å². The summed E-state index contributed by atoms with van der Waals surface area (Å²) in [5, 5.41) is 36.8. The molecular weight excluding hydrogens is 566 g/mol. The second-order valence-corrected chi connectivity index (χ2v) is 9.49. The van der Waals surface area contributed by atoms with E-state index >= 15 is 0 Å². The van der Waals surface area contributed by atoms with E-state index in [0.717, 1.165) is 36.8 Å². The fourth-order valence-electron chi connectivity index (χ4n) is 3.89. The molecule has 3 aromatic heterocycles. The molecule has 43 heavy (non-hydrogen) atoms. The average Bonchev–Trinajstić information content (AvgIpc) is 2.94. The summed E-state index contributed by atoms with van der Waals surface area (Å²) in [4.78, 5) is 72.9. The summed E-state index contributed by atoms with van der Waals surface area (Å²) in [5.74, 6) is -2.50. The van der Waals surface area contributed by atoms with E-state index in [2.05, 4.69) is 16.0 Å². The van der Waals surface area contributed by atoms with Gasteiger partial charge in [-0.25, -0.2) is 0 Å². The van der Waals surface area contributed by atoms with Gasteiger partial charge < -0.3 is 45.0 Å². The third kappa shape index (κ3) is 10.8. The van der Waals surface area contributed by atoms with E-state index in [4.69, 9.17) is 0 Å². The van der Waals surface area contributed by atoms with E-state index in [1.165, 1.54) is 32.3 Å². The molecule has 0 aliphatic rings. The quantitative estimate of drug-likeness (QED) is 0.107. The molecule has 16 heteroatoms. The third-order valence-electron chi connectivity index (χ3n) is 6.10. The Morgan fingerprint density at radius 3 is 1.09 bits per heavy atom. The standard InChI is InChI=1S/C27H33N7O9/c35-19-1-7-32(13-22(19)38)16-25(41)28-4-10-31(11-5-29-26(42)17-33-8-2-20(36)23(39)14-33)12-6-30-27(43)18-34-9-3-21(37)24(40)15-34/h1-3,7-9,13-15,38-40H,4-6,10-12,16-18H2,(H,28,41)(H,29,42)(H,30,43). The fraction of sp³-hybridized carbons (Fsp3) is 0.333. The number of nitrogens with zero attached hydrogens (tertiary/aromatic N) is 4. The Morgan fingerprint density at radius 1 is 0.558 bits per heavy atom. The molecule has 0 aliphatic heterocycles. The maximum Gasteiger partial charge on any atom is 0.239 e. The van der Waals surface area contributed by atoms with Gasteiger partial charge in [-0.2, -0.15) is 0 Å². The molecular formula is C27H33N7O9. The highest BCUT2D eigenvalue weighted by Gasteiger charge is 2.11. The molecule has 0 saturated carbocycles. The largest absolute Gasteiger partial charge is 0.503 e. The Kier molecular flexibility index (Phi) is 11.6. The predicted molar refractivity (Wildman–Crippen MR) is 153 cm³/mol. The van der Waals surface area contributed by atoms with E-state index in [1.54, 1.807) is 0 Å². The number of carbonyl (C=O) groups is 3. The van der Waals surface area contributed by atoms with Crippen molar-refractivity contribution < 1.29 is 29.7 Å². The second-order valence-electron chi connectivity index (χ2n) is 9.49. The van der Waals surface area contributed by atoms with Crippen molar-refractivity contribution in [3.05, 3.63) is 86.1 Å². The average molecular weight is 600 g/mol. The zero-order chi connectivity index (χ0) is 31.4. The van der Waals surface area contributed by atoms with Gasteiger partial charge in [-0.15, -0.1) is 0 Å². The molecule has 0 unspecified atom stereocenters. The number of aromatic nitrogens is 3. The lowest BCUT2D eigenvalue weighted by atomic mass is 10.4. The third-order valence-corrected chi connectivity index (χ3v) is 6.10. The van der Waals surface area contributed by atoms with Crippen LogP contribution < -0.4 is 32.2 Å². The molecule has 3 heterocycles. The summed E-state index contributed by atoms with van der Waals surface area (Å²) in [6.45, 7) is 1.36. The molecule has 0 aliphatic carbocycles. The second kappa shape index (κ2) is 15.6. The summed E-state index contributed by atoms with van der Waals surface area (Å²) in [5.41, 5.74) is -1.66. The molecule has 3 amide bonds. The summed E-state index contributed by atoms with van der Waals surface area (Å²) >= 11 is 0. The van der Waals surface area contributed by atoms with Gasteiger partial charge in [0.15, 0.2) is 17.2 Å². The van der Waals surface area contributed by atoms with Gasteiger partial charge in [0.1, 0.15) is 19.6 Å². The van der Waals surface area contributed by atoms with Gasteiger partial charge in [0.2, 0.25) is 34.0 Å². The molecule has 0 fully saturated rings.